The summed E-state index contributed by atoms with van der Waals surface area (Å²) in [5.74, 6) is -0.868. The molecule has 0 atom stereocenters. The van der Waals surface area contributed by atoms with Gasteiger partial charge < -0.3 is 5.11 Å². The Morgan fingerprint density at radius 3 is 2.32 bits per heavy atom. The third-order valence-electron chi connectivity index (χ3n) is 6.44. The minimum Gasteiger partial charge on any atom is -0.481 e. The van der Waals surface area contributed by atoms with E-state index in [9.17, 15) is 18.3 Å². The topological polar surface area (TPSA) is 84.3 Å². The number of rotatable bonds is 7. The summed E-state index contributed by atoms with van der Waals surface area (Å²) in [5, 5.41) is 10.1. The number of carboxylic acids is 1. The minimum absolute atomic E-state index is 0.00241. The number of carbonyl (C=O) groups is 1. The number of pyridine rings is 1. The molecule has 4 rings (SSSR count). The maximum atomic E-state index is 12.6. The highest BCUT2D eigenvalue weighted by atomic mass is 32.2. The molecule has 0 unspecified atom stereocenters. The summed E-state index contributed by atoms with van der Waals surface area (Å²) in [5.41, 5.74) is 5.98. The first-order valence-corrected chi connectivity index (χ1v) is 13.0. The smallest absolute Gasteiger partial charge is 0.303 e. The monoisotopic (exact) mass is 473 g/mol. The lowest BCUT2D eigenvalue weighted by atomic mass is 9.88. The molecule has 5 nitrogen and oxygen atoms in total. The Morgan fingerprint density at radius 1 is 0.912 bits per heavy atom. The van der Waals surface area contributed by atoms with Crippen molar-refractivity contribution in [2.24, 2.45) is 0 Å². The van der Waals surface area contributed by atoms with Crippen molar-refractivity contribution in [2.75, 3.05) is 6.26 Å². The second kappa shape index (κ2) is 9.03. The Bertz CT molecular complexity index is 1480. The van der Waals surface area contributed by atoms with E-state index in [1.54, 1.807) is 20.0 Å². The average Bonchev–Trinajstić information content (AvgIpc) is 2.81. The molecule has 0 bridgehead atoms. The molecule has 0 aliphatic heterocycles. The minimum atomic E-state index is -3.40. The van der Waals surface area contributed by atoms with Crippen molar-refractivity contribution in [1.82, 2.24) is 4.98 Å². The molecule has 1 heterocycles. The molecule has 6 heteroatoms. The molecule has 1 N–H and O–H groups in total. The van der Waals surface area contributed by atoms with E-state index >= 15 is 0 Å². The molecule has 0 fully saturated rings. The van der Waals surface area contributed by atoms with E-state index in [4.69, 9.17) is 0 Å². The van der Waals surface area contributed by atoms with E-state index in [1.807, 2.05) is 72.8 Å². The Hall–Kier alpha value is -3.51. The van der Waals surface area contributed by atoms with Crippen LogP contribution in [0.3, 0.4) is 0 Å². The standard InChI is InChI=1S/C28H27NO4S/c1-28(2,34(3,32)33)23-16-22-10-7-15-29-27(22)25(18-23)24-17-21(19-8-5-4-6-9-19)12-11-20(24)13-14-26(30)31/h4-12,15-18H,13-14H2,1-3H3,(H,30,31). The molecule has 0 spiro atoms. The van der Waals surface area contributed by atoms with Crippen molar-refractivity contribution in [3.63, 3.8) is 0 Å². The van der Waals surface area contributed by atoms with Gasteiger partial charge >= 0.3 is 5.97 Å². The van der Waals surface area contributed by atoms with Crippen LogP contribution in [0.4, 0.5) is 0 Å². The molecule has 0 aliphatic carbocycles. The van der Waals surface area contributed by atoms with Crippen LogP contribution in [0.25, 0.3) is 33.2 Å². The normalized spacial score (nSPS) is 12.1. The maximum absolute atomic E-state index is 12.6. The highest BCUT2D eigenvalue weighted by Crippen LogP contribution is 2.39. The number of sulfone groups is 1. The highest BCUT2D eigenvalue weighted by Gasteiger charge is 2.33. The van der Waals surface area contributed by atoms with Crippen LogP contribution in [-0.4, -0.2) is 30.7 Å². The lowest BCUT2D eigenvalue weighted by Crippen LogP contribution is -2.28. The number of carboxylic acid groups (broad SMARTS) is 1. The van der Waals surface area contributed by atoms with E-state index in [2.05, 4.69) is 4.98 Å². The van der Waals surface area contributed by atoms with Crippen molar-refractivity contribution in [2.45, 2.75) is 31.4 Å². The first-order valence-electron chi connectivity index (χ1n) is 11.1. The van der Waals surface area contributed by atoms with Crippen LogP contribution in [-0.2, 0) is 25.8 Å². The van der Waals surface area contributed by atoms with Crippen molar-refractivity contribution >= 4 is 26.7 Å². The summed E-state index contributed by atoms with van der Waals surface area (Å²) in [7, 11) is -3.40. The van der Waals surface area contributed by atoms with Gasteiger partial charge in [-0.05, 0) is 72.4 Å². The highest BCUT2D eigenvalue weighted by molar-refractivity contribution is 7.91. The Labute approximate surface area is 200 Å². The fraction of sp³-hybridized carbons (Fsp3) is 0.214. The molecular formula is C28H27NO4S. The molecule has 3 aromatic carbocycles. The summed E-state index contributed by atoms with van der Waals surface area (Å²) in [6.45, 7) is 3.41. The quantitative estimate of drug-likeness (QED) is 0.363. The van der Waals surface area contributed by atoms with E-state index < -0.39 is 20.6 Å². The summed E-state index contributed by atoms with van der Waals surface area (Å²) in [6.07, 6.45) is 3.31. The van der Waals surface area contributed by atoms with Crippen LogP contribution in [0, 0.1) is 0 Å². The largest absolute Gasteiger partial charge is 0.481 e. The number of nitrogens with zero attached hydrogens (tertiary/aromatic N) is 1. The molecule has 0 aliphatic rings. The molecule has 1 aromatic heterocycles. The number of hydrogen-bond donors (Lipinski definition) is 1. The van der Waals surface area contributed by atoms with E-state index in [0.717, 1.165) is 38.7 Å². The van der Waals surface area contributed by atoms with Crippen LogP contribution in [0.5, 0.6) is 0 Å². The fourth-order valence-electron chi connectivity index (χ4n) is 4.06. The summed E-state index contributed by atoms with van der Waals surface area (Å²) < 4.78 is 24.2. The lowest BCUT2D eigenvalue weighted by Gasteiger charge is -2.25. The first kappa shape index (κ1) is 23.6. The zero-order valence-corrected chi connectivity index (χ0v) is 20.3. The third-order valence-corrected chi connectivity index (χ3v) is 8.53. The second-order valence-electron chi connectivity index (χ2n) is 9.01. The van der Waals surface area contributed by atoms with Crippen molar-refractivity contribution < 1.29 is 18.3 Å². The van der Waals surface area contributed by atoms with Gasteiger partial charge in [0.15, 0.2) is 9.84 Å². The number of benzene rings is 3. The van der Waals surface area contributed by atoms with Gasteiger partial charge in [-0.25, -0.2) is 8.42 Å². The number of aryl methyl sites for hydroxylation is 1. The second-order valence-corrected chi connectivity index (χ2v) is 11.6. The zero-order chi connectivity index (χ0) is 24.5. The van der Waals surface area contributed by atoms with Gasteiger partial charge in [0, 0.05) is 29.8 Å². The van der Waals surface area contributed by atoms with Gasteiger partial charge in [0.2, 0.25) is 0 Å². The molecular weight excluding hydrogens is 446 g/mol. The van der Waals surface area contributed by atoms with Crippen LogP contribution in [0.15, 0.2) is 79.0 Å². The summed E-state index contributed by atoms with van der Waals surface area (Å²) in [6, 6.07) is 23.5. The van der Waals surface area contributed by atoms with E-state index in [0.29, 0.717) is 12.0 Å². The first-order chi connectivity index (χ1) is 16.1. The van der Waals surface area contributed by atoms with Gasteiger partial charge in [-0.2, -0.15) is 0 Å². The van der Waals surface area contributed by atoms with Crippen LogP contribution in [0.2, 0.25) is 0 Å². The number of aliphatic carboxylic acids is 1. The van der Waals surface area contributed by atoms with Crippen LogP contribution < -0.4 is 0 Å². The maximum Gasteiger partial charge on any atom is 0.303 e. The number of fused-ring (bicyclic) bond motifs is 1. The van der Waals surface area contributed by atoms with Gasteiger partial charge in [-0.1, -0.05) is 48.5 Å². The summed E-state index contributed by atoms with van der Waals surface area (Å²) in [4.78, 5) is 16.0. The van der Waals surface area contributed by atoms with Gasteiger partial charge in [-0.15, -0.1) is 0 Å². The Kier molecular flexibility index (Phi) is 6.28. The van der Waals surface area contributed by atoms with Gasteiger partial charge in [0.1, 0.15) is 0 Å². The van der Waals surface area contributed by atoms with Crippen molar-refractivity contribution in [1.29, 1.82) is 0 Å². The average molecular weight is 474 g/mol. The SMILES string of the molecule is CC(C)(c1cc(-c2cc(-c3ccccc3)ccc2CCC(=O)O)c2ncccc2c1)S(C)(=O)=O. The Morgan fingerprint density at radius 2 is 1.65 bits per heavy atom. The van der Waals surface area contributed by atoms with E-state index in [-0.39, 0.29) is 6.42 Å². The van der Waals surface area contributed by atoms with Crippen LogP contribution >= 0.6 is 0 Å². The number of aromatic nitrogens is 1. The predicted molar refractivity (Wildman–Crippen MR) is 136 cm³/mol. The van der Waals surface area contributed by atoms with Gasteiger partial charge in [0.05, 0.1) is 10.3 Å². The zero-order valence-electron chi connectivity index (χ0n) is 19.4. The summed E-state index contributed by atoms with van der Waals surface area (Å²) >= 11 is 0. The molecule has 0 radical (unpaired) electrons. The third kappa shape index (κ3) is 4.59. The van der Waals surface area contributed by atoms with Gasteiger partial charge in [-0.3, -0.25) is 9.78 Å². The number of hydrogen-bond acceptors (Lipinski definition) is 4. The van der Waals surface area contributed by atoms with Crippen molar-refractivity contribution in [3.05, 3.63) is 90.1 Å². The molecule has 174 valence electrons. The molecule has 0 saturated heterocycles. The molecule has 0 saturated carbocycles. The fourth-order valence-corrected chi connectivity index (χ4v) is 4.60. The van der Waals surface area contributed by atoms with E-state index in [1.165, 1.54) is 6.26 Å². The molecule has 34 heavy (non-hydrogen) atoms. The Balaban J connectivity index is 2.02. The van der Waals surface area contributed by atoms with Gasteiger partial charge in [0.25, 0.3) is 0 Å². The van der Waals surface area contributed by atoms with Crippen molar-refractivity contribution in [3.8, 4) is 22.3 Å². The lowest BCUT2D eigenvalue weighted by molar-refractivity contribution is -0.136. The predicted octanol–water partition coefficient (Wildman–Crippen LogP) is 5.87. The van der Waals surface area contributed by atoms with Crippen LogP contribution in [0.1, 0.15) is 31.4 Å². The molecule has 0 amide bonds. The molecule has 4 aromatic rings.